The Morgan fingerprint density at radius 1 is 1.44 bits per heavy atom. The maximum absolute atomic E-state index is 11.9. The molecule has 1 N–H and O–H groups in total. The first-order chi connectivity index (χ1) is 8.63. The number of cyclic esters (lactones) is 1. The van der Waals surface area contributed by atoms with Crippen LogP contribution in [0, 0.1) is 0 Å². The van der Waals surface area contributed by atoms with E-state index in [4.69, 9.17) is 13.9 Å². The first-order valence-corrected chi connectivity index (χ1v) is 5.60. The third kappa shape index (κ3) is 1.34. The van der Waals surface area contributed by atoms with E-state index in [1.165, 1.54) is 13.4 Å². The number of furan rings is 1. The number of carbonyl (C=O) groups is 1. The van der Waals surface area contributed by atoms with Gasteiger partial charge in [0.05, 0.1) is 18.8 Å². The van der Waals surface area contributed by atoms with Gasteiger partial charge >= 0.3 is 5.97 Å². The Morgan fingerprint density at radius 2 is 2.22 bits per heavy atom. The Kier molecular flexibility index (Phi) is 2.31. The molecule has 3 rings (SSSR count). The fourth-order valence-corrected chi connectivity index (χ4v) is 2.30. The van der Waals surface area contributed by atoms with Crippen molar-refractivity contribution in [1.29, 1.82) is 0 Å². The average Bonchev–Trinajstić information content (AvgIpc) is 2.81. The first-order valence-electron chi connectivity index (χ1n) is 5.60. The third-order valence-corrected chi connectivity index (χ3v) is 3.21. The maximum Gasteiger partial charge on any atom is 0.342 e. The van der Waals surface area contributed by atoms with Gasteiger partial charge in [0.15, 0.2) is 0 Å². The Morgan fingerprint density at radius 3 is 2.94 bits per heavy atom. The lowest BCUT2D eigenvalue weighted by atomic mass is 9.94. The van der Waals surface area contributed by atoms with Crippen molar-refractivity contribution in [2.24, 2.45) is 0 Å². The summed E-state index contributed by atoms with van der Waals surface area (Å²) in [5.41, 5.74) is 1.33. The van der Waals surface area contributed by atoms with Crippen LogP contribution in [0.15, 0.2) is 22.8 Å². The van der Waals surface area contributed by atoms with Gasteiger partial charge in [-0.3, -0.25) is 0 Å². The smallest absolute Gasteiger partial charge is 0.342 e. The Balaban J connectivity index is 2.38. The second-order valence-electron chi connectivity index (χ2n) is 4.26. The summed E-state index contributed by atoms with van der Waals surface area (Å²) in [6.45, 7) is 1.64. The van der Waals surface area contributed by atoms with Crippen molar-refractivity contribution in [3.63, 3.8) is 0 Å². The molecule has 0 radical (unpaired) electrons. The van der Waals surface area contributed by atoms with Gasteiger partial charge in [0.2, 0.25) is 0 Å². The van der Waals surface area contributed by atoms with E-state index < -0.39 is 18.2 Å². The zero-order valence-corrected chi connectivity index (χ0v) is 9.97. The Labute approximate surface area is 103 Å². The van der Waals surface area contributed by atoms with Crippen LogP contribution in [0.5, 0.6) is 5.75 Å². The zero-order chi connectivity index (χ0) is 12.9. The summed E-state index contributed by atoms with van der Waals surface area (Å²) in [7, 11) is 1.47. The van der Waals surface area contributed by atoms with Crippen molar-refractivity contribution in [2.45, 2.75) is 19.1 Å². The number of rotatable bonds is 1. The van der Waals surface area contributed by atoms with Crippen LogP contribution >= 0.6 is 0 Å². The number of carbonyl (C=O) groups excluding carboxylic acids is 1. The maximum atomic E-state index is 11.9. The predicted molar refractivity (Wildman–Crippen MR) is 62.6 cm³/mol. The molecule has 2 heterocycles. The molecule has 0 aliphatic carbocycles. The highest BCUT2D eigenvalue weighted by Gasteiger charge is 2.35. The van der Waals surface area contributed by atoms with E-state index >= 15 is 0 Å². The van der Waals surface area contributed by atoms with Crippen molar-refractivity contribution in [3.05, 3.63) is 29.5 Å². The van der Waals surface area contributed by atoms with Gasteiger partial charge < -0.3 is 19.0 Å². The van der Waals surface area contributed by atoms with Crippen LogP contribution in [0.25, 0.3) is 11.0 Å². The summed E-state index contributed by atoms with van der Waals surface area (Å²) in [6.07, 6.45) is 0.0583. The number of aliphatic hydroxyl groups excluding tert-OH is 1. The Hall–Kier alpha value is -2.01. The van der Waals surface area contributed by atoms with Crippen LogP contribution < -0.4 is 4.74 Å². The molecule has 2 unspecified atom stereocenters. The molecule has 0 saturated carbocycles. The average molecular weight is 248 g/mol. The van der Waals surface area contributed by atoms with E-state index in [9.17, 15) is 9.90 Å². The van der Waals surface area contributed by atoms with Gasteiger partial charge in [-0.2, -0.15) is 0 Å². The predicted octanol–water partition coefficient (Wildman–Crippen LogP) is 2.03. The third-order valence-electron chi connectivity index (χ3n) is 3.21. The van der Waals surface area contributed by atoms with Gasteiger partial charge in [-0.25, -0.2) is 4.79 Å². The van der Waals surface area contributed by atoms with Crippen molar-refractivity contribution < 1.29 is 23.8 Å². The number of aliphatic hydroxyl groups is 1. The number of esters is 1. The van der Waals surface area contributed by atoms with Crippen molar-refractivity contribution >= 4 is 16.9 Å². The standard InChI is InChI=1S/C13H12O5/c1-6-11(14)8-5-9-7(3-4-17-9)12(16-2)10(8)13(15)18-6/h3-6,11,14H,1-2H3. The summed E-state index contributed by atoms with van der Waals surface area (Å²) in [4.78, 5) is 11.9. The van der Waals surface area contributed by atoms with E-state index in [1.54, 1.807) is 19.1 Å². The van der Waals surface area contributed by atoms with Gasteiger partial charge in [0.1, 0.15) is 29.1 Å². The molecule has 0 amide bonds. The van der Waals surface area contributed by atoms with Gasteiger partial charge in [0.25, 0.3) is 0 Å². The lowest BCUT2D eigenvalue weighted by molar-refractivity contribution is -0.0215. The number of ether oxygens (including phenoxy) is 2. The molecule has 2 atom stereocenters. The van der Waals surface area contributed by atoms with E-state index in [-0.39, 0.29) is 5.56 Å². The summed E-state index contributed by atoms with van der Waals surface area (Å²) in [5, 5.41) is 10.8. The number of hydrogen-bond acceptors (Lipinski definition) is 5. The van der Waals surface area contributed by atoms with E-state index in [0.717, 1.165) is 0 Å². The summed E-state index contributed by atoms with van der Waals surface area (Å²) in [5.74, 6) is -0.102. The van der Waals surface area contributed by atoms with Gasteiger partial charge in [-0.05, 0) is 19.1 Å². The molecule has 0 fully saturated rings. The quantitative estimate of drug-likeness (QED) is 0.782. The van der Waals surface area contributed by atoms with Crippen LogP contribution in [0.3, 0.4) is 0 Å². The topological polar surface area (TPSA) is 68.9 Å². The van der Waals surface area contributed by atoms with Gasteiger partial charge in [0, 0.05) is 5.56 Å². The number of fused-ring (bicyclic) bond motifs is 2. The second-order valence-corrected chi connectivity index (χ2v) is 4.26. The Bertz CT molecular complexity index is 628. The lowest BCUT2D eigenvalue weighted by Gasteiger charge is -2.28. The molecule has 5 heteroatoms. The molecule has 1 aliphatic heterocycles. The molecule has 5 nitrogen and oxygen atoms in total. The van der Waals surface area contributed by atoms with Crippen LogP contribution in [0.2, 0.25) is 0 Å². The van der Waals surface area contributed by atoms with Crippen LogP contribution in [-0.2, 0) is 4.74 Å². The van der Waals surface area contributed by atoms with Gasteiger partial charge in [-0.1, -0.05) is 0 Å². The summed E-state index contributed by atoms with van der Waals surface area (Å²) in [6, 6.07) is 3.38. The molecular weight excluding hydrogens is 236 g/mol. The van der Waals surface area contributed by atoms with Crippen LogP contribution in [-0.4, -0.2) is 24.3 Å². The lowest BCUT2D eigenvalue weighted by Crippen LogP contribution is -2.30. The fourth-order valence-electron chi connectivity index (χ4n) is 2.30. The highest BCUT2D eigenvalue weighted by molar-refractivity contribution is 6.02. The summed E-state index contributed by atoms with van der Waals surface area (Å²) < 4.78 is 15.7. The van der Waals surface area contributed by atoms with E-state index in [1.807, 2.05) is 0 Å². The number of benzene rings is 1. The van der Waals surface area contributed by atoms with E-state index in [2.05, 4.69) is 0 Å². The minimum absolute atomic E-state index is 0.275. The van der Waals surface area contributed by atoms with Crippen LogP contribution in [0.4, 0.5) is 0 Å². The largest absolute Gasteiger partial charge is 0.495 e. The zero-order valence-electron chi connectivity index (χ0n) is 9.97. The van der Waals surface area contributed by atoms with Crippen molar-refractivity contribution in [3.8, 4) is 5.75 Å². The SMILES string of the molecule is COc1c2c(cc3occc13)C(O)C(C)OC2=O. The highest BCUT2D eigenvalue weighted by Crippen LogP contribution is 2.40. The normalized spacial score (nSPS) is 22.7. The van der Waals surface area contributed by atoms with Crippen molar-refractivity contribution in [2.75, 3.05) is 7.11 Å². The molecule has 2 aromatic rings. The highest BCUT2D eigenvalue weighted by atomic mass is 16.6. The minimum Gasteiger partial charge on any atom is -0.495 e. The molecule has 1 aromatic heterocycles. The first kappa shape index (κ1) is 11.1. The minimum atomic E-state index is -0.874. The van der Waals surface area contributed by atoms with Crippen molar-refractivity contribution in [1.82, 2.24) is 0 Å². The monoisotopic (exact) mass is 248 g/mol. The summed E-state index contributed by atoms with van der Waals surface area (Å²) >= 11 is 0. The second kappa shape index (κ2) is 3.74. The number of methoxy groups -OCH3 is 1. The molecular formula is C13H12O5. The molecule has 1 aromatic carbocycles. The molecule has 0 spiro atoms. The van der Waals surface area contributed by atoms with E-state index in [0.29, 0.717) is 22.3 Å². The number of hydrogen-bond donors (Lipinski definition) is 1. The molecule has 0 saturated heterocycles. The van der Waals surface area contributed by atoms with Crippen LogP contribution in [0.1, 0.15) is 28.9 Å². The molecule has 1 aliphatic rings. The van der Waals surface area contributed by atoms with Gasteiger partial charge in [-0.15, -0.1) is 0 Å². The molecule has 18 heavy (non-hydrogen) atoms. The molecule has 0 bridgehead atoms. The molecule has 94 valence electrons. The fraction of sp³-hybridized carbons (Fsp3) is 0.308.